The molecule has 0 aliphatic carbocycles. The molecule has 1 fully saturated rings. The molecule has 24 heavy (non-hydrogen) atoms. The first-order valence-electron chi connectivity index (χ1n) is 8.41. The van der Waals surface area contributed by atoms with Crippen LogP contribution in [0.4, 0.5) is 0 Å². The number of morpholine rings is 1. The van der Waals surface area contributed by atoms with E-state index < -0.39 is 10.0 Å². The van der Waals surface area contributed by atoms with Gasteiger partial charge in [-0.2, -0.15) is 4.31 Å². The van der Waals surface area contributed by atoms with E-state index in [1.54, 1.807) is 12.1 Å². The largest absolute Gasteiger partial charge is 0.379 e. The van der Waals surface area contributed by atoms with Crippen LogP contribution in [0.5, 0.6) is 0 Å². The molecule has 1 unspecified atom stereocenters. The number of carbonyl (C=O) groups is 1. The van der Waals surface area contributed by atoms with Gasteiger partial charge in [0.2, 0.25) is 10.0 Å². The summed E-state index contributed by atoms with van der Waals surface area (Å²) in [6.07, 6.45) is 1.41. The summed E-state index contributed by atoms with van der Waals surface area (Å²) in [6.45, 7) is 7.29. The van der Waals surface area contributed by atoms with Gasteiger partial charge in [0.25, 0.3) is 5.91 Å². The number of benzene rings is 1. The Morgan fingerprint density at radius 2 is 1.96 bits per heavy atom. The van der Waals surface area contributed by atoms with E-state index >= 15 is 0 Å². The molecule has 2 rings (SSSR count). The van der Waals surface area contributed by atoms with Crippen molar-refractivity contribution < 1.29 is 17.9 Å². The second-order valence-corrected chi connectivity index (χ2v) is 7.88. The van der Waals surface area contributed by atoms with Gasteiger partial charge < -0.3 is 10.1 Å². The fourth-order valence-electron chi connectivity index (χ4n) is 2.56. The second-order valence-electron chi connectivity index (χ2n) is 5.98. The monoisotopic (exact) mass is 354 g/mol. The number of rotatable bonds is 6. The number of nitrogens with one attached hydrogen (secondary N) is 1. The number of nitrogens with zero attached hydrogens (tertiary/aromatic N) is 1. The van der Waals surface area contributed by atoms with E-state index in [0.717, 1.165) is 12.0 Å². The molecule has 7 heteroatoms. The Bertz CT molecular complexity index is 682. The highest BCUT2D eigenvalue weighted by molar-refractivity contribution is 7.89. The summed E-state index contributed by atoms with van der Waals surface area (Å²) in [5.74, 6) is -0.245. The van der Waals surface area contributed by atoms with Crippen LogP contribution in [0.15, 0.2) is 23.1 Å². The van der Waals surface area contributed by atoms with E-state index in [1.807, 2.05) is 20.8 Å². The highest BCUT2D eigenvalue weighted by atomic mass is 32.2. The van der Waals surface area contributed by atoms with Gasteiger partial charge in [-0.25, -0.2) is 8.42 Å². The zero-order valence-electron chi connectivity index (χ0n) is 14.5. The van der Waals surface area contributed by atoms with Crippen LogP contribution in [-0.4, -0.2) is 51.0 Å². The third-order valence-electron chi connectivity index (χ3n) is 4.29. The Labute approximate surface area is 144 Å². The molecule has 1 heterocycles. The standard InChI is InChI=1S/C17H26N2O4S/c1-4-13(3)18-17(20)15-7-6-14(5-2)16(12-15)24(21,22)19-8-10-23-11-9-19/h6-7,12-13H,4-5,8-11H2,1-3H3,(H,18,20). The summed E-state index contributed by atoms with van der Waals surface area (Å²) < 4.78 is 32.6. The van der Waals surface area contributed by atoms with Crippen LogP contribution < -0.4 is 5.32 Å². The van der Waals surface area contributed by atoms with Crippen molar-refractivity contribution in [2.45, 2.75) is 44.6 Å². The summed E-state index contributed by atoms with van der Waals surface area (Å²) in [7, 11) is -3.62. The van der Waals surface area contributed by atoms with Crippen molar-refractivity contribution in [3.63, 3.8) is 0 Å². The van der Waals surface area contributed by atoms with Gasteiger partial charge in [0.05, 0.1) is 18.1 Å². The molecule has 1 amide bonds. The van der Waals surface area contributed by atoms with Gasteiger partial charge in [-0.3, -0.25) is 4.79 Å². The summed E-state index contributed by atoms with van der Waals surface area (Å²) in [5.41, 5.74) is 1.10. The molecular formula is C17H26N2O4S. The van der Waals surface area contributed by atoms with Crippen molar-refractivity contribution in [2.24, 2.45) is 0 Å². The van der Waals surface area contributed by atoms with Crippen LogP contribution in [-0.2, 0) is 21.2 Å². The molecule has 6 nitrogen and oxygen atoms in total. The molecule has 1 aromatic carbocycles. The minimum absolute atomic E-state index is 0.0441. The van der Waals surface area contributed by atoms with Crippen LogP contribution >= 0.6 is 0 Å². The predicted molar refractivity (Wildman–Crippen MR) is 92.6 cm³/mol. The third kappa shape index (κ3) is 4.15. The van der Waals surface area contributed by atoms with Gasteiger partial charge in [0, 0.05) is 24.7 Å². The van der Waals surface area contributed by atoms with Crippen molar-refractivity contribution in [3.8, 4) is 0 Å². The van der Waals surface area contributed by atoms with Crippen LogP contribution in [0.2, 0.25) is 0 Å². The lowest BCUT2D eigenvalue weighted by molar-refractivity contribution is 0.0730. The number of aryl methyl sites for hydroxylation is 1. The molecule has 1 atom stereocenters. The van der Waals surface area contributed by atoms with Gasteiger partial charge in [-0.05, 0) is 37.5 Å². The van der Waals surface area contributed by atoms with E-state index in [9.17, 15) is 13.2 Å². The number of sulfonamides is 1. The average Bonchev–Trinajstić information content (AvgIpc) is 2.61. The molecule has 1 saturated heterocycles. The fraction of sp³-hybridized carbons (Fsp3) is 0.588. The second kappa shape index (κ2) is 8.09. The topological polar surface area (TPSA) is 75.7 Å². The summed E-state index contributed by atoms with van der Waals surface area (Å²) in [4.78, 5) is 12.6. The molecule has 134 valence electrons. The first-order valence-corrected chi connectivity index (χ1v) is 9.85. The molecule has 1 aromatic rings. The fourth-order valence-corrected chi connectivity index (χ4v) is 4.29. The SMILES string of the molecule is CCc1ccc(C(=O)NC(C)CC)cc1S(=O)(=O)N1CCOCC1. The molecule has 0 saturated carbocycles. The molecule has 0 radical (unpaired) electrons. The van der Waals surface area contributed by atoms with Crippen LogP contribution in [0, 0.1) is 0 Å². The summed E-state index contributed by atoms with van der Waals surface area (Å²) >= 11 is 0. The molecular weight excluding hydrogens is 328 g/mol. The molecule has 1 aliphatic rings. The minimum Gasteiger partial charge on any atom is -0.379 e. The van der Waals surface area contributed by atoms with E-state index in [2.05, 4.69) is 5.32 Å². The Hall–Kier alpha value is -1.44. The van der Waals surface area contributed by atoms with E-state index in [4.69, 9.17) is 4.74 Å². The smallest absolute Gasteiger partial charge is 0.251 e. The Balaban J connectivity index is 2.37. The molecule has 1 N–H and O–H groups in total. The van der Waals surface area contributed by atoms with Crippen LogP contribution in [0.25, 0.3) is 0 Å². The van der Waals surface area contributed by atoms with E-state index in [0.29, 0.717) is 38.3 Å². The van der Waals surface area contributed by atoms with Gasteiger partial charge >= 0.3 is 0 Å². The number of amides is 1. The number of hydrogen-bond donors (Lipinski definition) is 1. The maximum atomic E-state index is 13.0. The normalized spacial score (nSPS) is 17.5. The van der Waals surface area contributed by atoms with Crippen molar-refractivity contribution in [1.82, 2.24) is 9.62 Å². The predicted octanol–water partition coefficient (Wildman–Crippen LogP) is 1.80. The first kappa shape index (κ1) is 18.9. The van der Waals surface area contributed by atoms with E-state index in [-0.39, 0.29) is 16.8 Å². The minimum atomic E-state index is -3.62. The third-order valence-corrected chi connectivity index (χ3v) is 6.27. The maximum absolute atomic E-state index is 13.0. The van der Waals surface area contributed by atoms with Crippen molar-refractivity contribution >= 4 is 15.9 Å². The highest BCUT2D eigenvalue weighted by Crippen LogP contribution is 2.23. The summed E-state index contributed by atoms with van der Waals surface area (Å²) in [5, 5.41) is 2.87. The lowest BCUT2D eigenvalue weighted by atomic mass is 10.1. The van der Waals surface area contributed by atoms with E-state index in [1.165, 1.54) is 10.4 Å². The van der Waals surface area contributed by atoms with Gasteiger partial charge in [-0.15, -0.1) is 0 Å². The Morgan fingerprint density at radius 3 is 2.54 bits per heavy atom. The van der Waals surface area contributed by atoms with Gasteiger partial charge in [0.1, 0.15) is 0 Å². The first-order chi connectivity index (χ1) is 11.4. The van der Waals surface area contributed by atoms with Gasteiger partial charge in [0.15, 0.2) is 0 Å². The molecule has 0 spiro atoms. The molecule has 0 bridgehead atoms. The quantitative estimate of drug-likeness (QED) is 0.845. The highest BCUT2D eigenvalue weighted by Gasteiger charge is 2.29. The van der Waals surface area contributed by atoms with Crippen LogP contribution in [0.1, 0.15) is 43.1 Å². The zero-order valence-corrected chi connectivity index (χ0v) is 15.4. The number of hydrogen-bond acceptors (Lipinski definition) is 4. The van der Waals surface area contributed by atoms with Crippen molar-refractivity contribution in [1.29, 1.82) is 0 Å². The Morgan fingerprint density at radius 1 is 1.29 bits per heavy atom. The maximum Gasteiger partial charge on any atom is 0.251 e. The lowest BCUT2D eigenvalue weighted by Crippen LogP contribution is -2.41. The van der Waals surface area contributed by atoms with Gasteiger partial charge in [-0.1, -0.05) is 19.9 Å². The molecule has 0 aromatic heterocycles. The number of ether oxygens (including phenoxy) is 1. The molecule has 1 aliphatic heterocycles. The summed E-state index contributed by atoms with van der Waals surface area (Å²) in [6, 6.07) is 4.97. The van der Waals surface area contributed by atoms with Crippen molar-refractivity contribution in [2.75, 3.05) is 26.3 Å². The zero-order chi connectivity index (χ0) is 17.7. The van der Waals surface area contributed by atoms with Crippen molar-refractivity contribution in [3.05, 3.63) is 29.3 Å². The lowest BCUT2D eigenvalue weighted by Gasteiger charge is -2.27. The Kier molecular flexibility index (Phi) is 6.37. The average molecular weight is 354 g/mol. The number of carbonyl (C=O) groups excluding carboxylic acids is 1. The van der Waals surface area contributed by atoms with Crippen LogP contribution in [0.3, 0.4) is 0 Å².